The highest BCUT2D eigenvalue weighted by Crippen LogP contribution is 2.26. The Kier molecular flexibility index (Phi) is 4.02. The molecular formula is C16H19N3O2S. The normalized spacial score (nSPS) is 13.7. The molecule has 2 N–H and O–H groups in total. The fourth-order valence-electron chi connectivity index (χ4n) is 2.48. The van der Waals surface area contributed by atoms with E-state index < -0.39 is 0 Å². The predicted octanol–water partition coefficient (Wildman–Crippen LogP) is 3.25. The van der Waals surface area contributed by atoms with Crippen molar-refractivity contribution in [1.82, 2.24) is 9.97 Å². The van der Waals surface area contributed by atoms with Gasteiger partial charge in [-0.05, 0) is 26.3 Å². The highest BCUT2D eigenvalue weighted by molar-refractivity contribution is 7.14. The molecule has 2 aromatic heterocycles. The van der Waals surface area contributed by atoms with Crippen LogP contribution in [-0.2, 0) is 11.2 Å². The third kappa shape index (κ3) is 2.92. The van der Waals surface area contributed by atoms with Crippen molar-refractivity contribution in [2.75, 3.05) is 12.4 Å². The monoisotopic (exact) mass is 317 g/mol. The van der Waals surface area contributed by atoms with Gasteiger partial charge in [-0.3, -0.25) is 4.79 Å². The summed E-state index contributed by atoms with van der Waals surface area (Å²) in [7, 11) is 1.66. The fourth-order valence-corrected chi connectivity index (χ4v) is 3.34. The van der Waals surface area contributed by atoms with Gasteiger partial charge in [0.05, 0.1) is 24.3 Å². The number of aromatic nitrogens is 2. The summed E-state index contributed by atoms with van der Waals surface area (Å²) in [5.41, 5.74) is 3.23. The molecule has 0 aliphatic heterocycles. The smallest absolute Gasteiger partial charge is 0.186 e. The molecule has 0 saturated carbocycles. The minimum absolute atomic E-state index is 0.0570. The number of aromatic amines is 1. The minimum atomic E-state index is 0.0570. The lowest BCUT2D eigenvalue weighted by Crippen LogP contribution is -2.16. The molecule has 0 fully saturated rings. The average molecular weight is 317 g/mol. The van der Waals surface area contributed by atoms with Gasteiger partial charge < -0.3 is 15.0 Å². The molecule has 0 atom stereocenters. The van der Waals surface area contributed by atoms with Crippen molar-refractivity contribution in [3.8, 4) is 11.4 Å². The molecule has 0 amide bonds. The molecule has 0 aromatic carbocycles. The van der Waals surface area contributed by atoms with E-state index in [-0.39, 0.29) is 5.43 Å². The van der Waals surface area contributed by atoms with Gasteiger partial charge in [-0.15, -0.1) is 11.3 Å². The lowest BCUT2D eigenvalue weighted by molar-refractivity contribution is 0.279. The number of pyridine rings is 1. The van der Waals surface area contributed by atoms with Crippen LogP contribution in [0, 0.1) is 0 Å². The van der Waals surface area contributed by atoms with Crippen LogP contribution in [0.1, 0.15) is 31.5 Å². The second kappa shape index (κ2) is 5.96. The molecule has 6 heteroatoms. The summed E-state index contributed by atoms with van der Waals surface area (Å²) >= 11 is 1.54. The Morgan fingerprint density at radius 2 is 2.23 bits per heavy atom. The first-order chi connectivity index (χ1) is 10.6. The molecule has 0 spiro atoms. The van der Waals surface area contributed by atoms with Crippen LogP contribution in [0.4, 0.5) is 5.13 Å². The minimum Gasteiger partial charge on any atom is -0.501 e. The Morgan fingerprint density at radius 1 is 1.41 bits per heavy atom. The maximum absolute atomic E-state index is 12.3. The molecule has 2 heterocycles. The van der Waals surface area contributed by atoms with Crippen molar-refractivity contribution in [2.24, 2.45) is 0 Å². The number of thiazole rings is 1. The molecule has 0 saturated heterocycles. The van der Waals surface area contributed by atoms with Crippen LogP contribution in [0.3, 0.4) is 0 Å². The van der Waals surface area contributed by atoms with Crippen LogP contribution in [0.2, 0.25) is 0 Å². The predicted molar refractivity (Wildman–Crippen MR) is 90.2 cm³/mol. The van der Waals surface area contributed by atoms with Gasteiger partial charge in [0.15, 0.2) is 10.6 Å². The third-order valence-corrected chi connectivity index (χ3v) is 4.32. The quantitative estimate of drug-likeness (QED) is 0.908. The van der Waals surface area contributed by atoms with E-state index in [4.69, 9.17) is 4.74 Å². The van der Waals surface area contributed by atoms with Gasteiger partial charge in [0.2, 0.25) is 0 Å². The Bertz CT molecular complexity index is 774. The molecule has 22 heavy (non-hydrogen) atoms. The molecule has 3 rings (SSSR count). The maximum Gasteiger partial charge on any atom is 0.186 e. The molecule has 0 radical (unpaired) electrons. The van der Waals surface area contributed by atoms with Crippen molar-refractivity contribution in [2.45, 2.75) is 32.7 Å². The van der Waals surface area contributed by atoms with E-state index in [1.807, 2.05) is 11.5 Å². The van der Waals surface area contributed by atoms with Crippen molar-refractivity contribution < 1.29 is 4.74 Å². The highest BCUT2D eigenvalue weighted by atomic mass is 32.1. The summed E-state index contributed by atoms with van der Waals surface area (Å²) in [5.74, 6) is 0.890. The molecule has 1 aliphatic carbocycles. The number of ether oxygens (including phenoxy) is 1. The number of nitrogens with zero attached hydrogens (tertiary/aromatic N) is 1. The number of fused-ring (bicyclic) bond motifs is 1. The largest absolute Gasteiger partial charge is 0.501 e. The summed E-state index contributed by atoms with van der Waals surface area (Å²) in [6, 6.07) is 1.97. The SMILES string of the molecule is COC1=Cc2[nH]c(-c3csc(NC(C)C)n3)cc(=O)c2CC1. The zero-order valence-corrected chi connectivity index (χ0v) is 13.7. The Morgan fingerprint density at radius 3 is 2.95 bits per heavy atom. The summed E-state index contributed by atoms with van der Waals surface area (Å²) in [6.07, 6.45) is 3.39. The molecular weight excluding hydrogens is 298 g/mol. The van der Waals surface area contributed by atoms with Gasteiger partial charge in [-0.25, -0.2) is 4.98 Å². The van der Waals surface area contributed by atoms with Crippen molar-refractivity contribution in [1.29, 1.82) is 0 Å². The van der Waals surface area contributed by atoms with Crippen LogP contribution in [0.25, 0.3) is 17.5 Å². The molecule has 1 aliphatic rings. The Balaban J connectivity index is 1.99. The third-order valence-electron chi connectivity index (χ3n) is 3.55. The van der Waals surface area contributed by atoms with Crippen LogP contribution in [-0.4, -0.2) is 23.1 Å². The van der Waals surface area contributed by atoms with E-state index in [1.165, 1.54) is 11.3 Å². The fraction of sp³-hybridized carbons (Fsp3) is 0.375. The molecule has 0 unspecified atom stereocenters. The van der Waals surface area contributed by atoms with Crippen LogP contribution in [0.5, 0.6) is 0 Å². The second-order valence-corrected chi connectivity index (χ2v) is 6.45. The molecule has 2 aromatic rings. The lowest BCUT2D eigenvalue weighted by atomic mass is 9.99. The van der Waals surface area contributed by atoms with Gasteiger partial charge in [0, 0.05) is 35.2 Å². The number of nitrogens with one attached hydrogen (secondary N) is 2. The standard InChI is InChI=1S/C16H19N3O2S/c1-9(2)17-16-19-14(8-22-16)13-7-15(20)11-5-4-10(21-3)6-12(11)18-13/h6-9H,4-5H2,1-3H3,(H,17,19)(H,18,20). The van der Waals surface area contributed by atoms with E-state index in [1.54, 1.807) is 13.2 Å². The van der Waals surface area contributed by atoms with E-state index in [2.05, 4.69) is 29.1 Å². The summed E-state index contributed by atoms with van der Waals surface area (Å²) in [4.78, 5) is 20.2. The summed E-state index contributed by atoms with van der Waals surface area (Å²) in [5, 5.41) is 6.08. The number of anilines is 1. The van der Waals surface area contributed by atoms with Gasteiger partial charge in [0.25, 0.3) is 0 Å². The van der Waals surface area contributed by atoms with Gasteiger partial charge in [-0.1, -0.05) is 0 Å². The van der Waals surface area contributed by atoms with E-state index in [0.29, 0.717) is 12.5 Å². The van der Waals surface area contributed by atoms with Gasteiger partial charge >= 0.3 is 0 Å². The number of allylic oxidation sites excluding steroid dienone is 1. The zero-order chi connectivity index (χ0) is 15.7. The first kappa shape index (κ1) is 14.8. The first-order valence-electron chi connectivity index (χ1n) is 7.30. The van der Waals surface area contributed by atoms with Gasteiger partial charge in [-0.2, -0.15) is 0 Å². The zero-order valence-electron chi connectivity index (χ0n) is 12.9. The number of methoxy groups -OCH3 is 1. The number of rotatable bonds is 4. The highest BCUT2D eigenvalue weighted by Gasteiger charge is 2.16. The van der Waals surface area contributed by atoms with Crippen molar-refractivity contribution >= 4 is 22.5 Å². The molecule has 5 nitrogen and oxygen atoms in total. The lowest BCUT2D eigenvalue weighted by Gasteiger charge is -2.15. The average Bonchev–Trinajstić information content (AvgIpc) is 2.94. The topological polar surface area (TPSA) is 67.0 Å². The number of hydrogen-bond acceptors (Lipinski definition) is 5. The van der Waals surface area contributed by atoms with Crippen LogP contribution >= 0.6 is 11.3 Å². The van der Waals surface area contributed by atoms with E-state index >= 15 is 0 Å². The Hall–Kier alpha value is -2.08. The Labute approximate surface area is 133 Å². The van der Waals surface area contributed by atoms with Crippen molar-refractivity contribution in [3.63, 3.8) is 0 Å². The van der Waals surface area contributed by atoms with E-state index in [9.17, 15) is 4.79 Å². The van der Waals surface area contributed by atoms with Crippen molar-refractivity contribution in [3.05, 3.63) is 38.7 Å². The summed E-state index contributed by atoms with van der Waals surface area (Å²) in [6.45, 7) is 4.14. The van der Waals surface area contributed by atoms with E-state index in [0.717, 1.165) is 40.0 Å². The molecule has 0 bridgehead atoms. The maximum atomic E-state index is 12.3. The van der Waals surface area contributed by atoms with Crippen LogP contribution < -0.4 is 10.7 Å². The number of hydrogen-bond donors (Lipinski definition) is 2. The molecule has 116 valence electrons. The number of H-pyrrole nitrogens is 1. The first-order valence-corrected chi connectivity index (χ1v) is 8.18. The summed E-state index contributed by atoms with van der Waals surface area (Å²) < 4.78 is 5.30. The second-order valence-electron chi connectivity index (χ2n) is 5.59. The van der Waals surface area contributed by atoms with Gasteiger partial charge in [0.1, 0.15) is 0 Å². The van der Waals surface area contributed by atoms with Crippen LogP contribution in [0.15, 0.2) is 22.0 Å².